The van der Waals surface area contributed by atoms with E-state index in [2.05, 4.69) is 30.9 Å². The van der Waals surface area contributed by atoms with Crippen molar-refractivity contribution in [2.75, 3.05) is 13.2 Å². The third-order valence-corrected chi connectivity index (χ3v) is 4.82. The molecule has 0 amide bonds. The molecule has 0 bridgehead atoms. The number of benzene rings is 2. The second-order valence-corrected chi connectivity index (χ2v) is 7.38. The molecule has 0 heterocycles. The number of carbonyl (C=O) groups excluding carboxylic acids is 1. The Kier molecular flexibility index (Phi) is 9.86. The van der Waals surface area contributed by atoms with Gasteiger partial charge in [-0.2, -0.15) is 0 Å². The number of esters is 1. The van der Waals surface area contributed by atoms with Crippen molar-refractivity contribution in [2.45, 2.75) is 52.9 Å². The maximum absolute atomic E-state index is 11.6. The summed E-state index contributed by atoms with van der Waals surface area (Å²) in [5.74, 6) is 7.15. The smallest absolute Gasteiger partial charge is 0.308 e. The van der Waals surface area contributed by atoms with Crippen LogP contribution in [0.5, 0.6) is 5.75 Å². The van der Waals surface area contributed by atoms with Gasteiger partial charge >= 0.3 is 5.97 Å². The normalized spacial score (nSPS) is 11.3. The first-order valence-electron chi connectivity index (χ1n) is 10.6. The van der Waals surface area contributed by atoms with E-state index in [4.69, 9.17) is 9.47 Å². The fourth-order valence-corrected chi connectivity index (χ4v) is 2.65. The van der Waals surface area contributed by atoms with Gasteiger partial charge in [-0.1, -0.05) is 43.4 Å². The monoisotopic (exact) mass is 392 g/mol. The standard InChI is InChI=1S/C26H32O3/c1-4-22(3)26(27)29-20-8-6-5-7-19-28-25-17-15-24(16-18-25)14-13-23-11-9-21(2)10-12-23/h9-12,15-18,22H,4-8,19-20H2,1-3H3. The first kappa shape index (κ1) is 22.6. The highest BCUT2D eigenvalue weighted by atomic mass is 16.5. The number of unbranched alkanes of at least 4 members (excludes halogenated alkanes) is 3. The fraction of sp³-hybridized carbons (Fsp3) is 0.423. The Labute approximate surface area is 175 Å². The molecule has 0 aromatic heterocycles. The zero-order valence-electron chi connectivity index (χ0n) is 17.9. The Morgan fingerprint density at radius 1 is 0.862 bits per heavy atom. The van der Waals surface area contributed by atoms with Gasteiger partial charge in [0, 0.05) is 11.1 Å². The molecule has 3 heteroatoms. The van der Waals surface area contributed by atoms with Crippen LogP contribution in [0.4, 0.5) is 0 Å². The van der Waals surface area contributed by atoms with Crippen molar-refractivity contribution in [1.29, 1.82) is 0 Å². The molecule has 0 spiro atoms. The molecule has 0 saturated carbocycles. The van der Waals surface area contributed by atoms with Crippen molar-refractivity contribution in [3.05, 3.63) is 65.2 Å². The van der Waals surface area contributed by atoms with E-state index in [-0.39, 0.29) is 11.9 Å². The van der Waals surface area contributed by atoms with Crippen molar-refractivity contribution in [2.24, 2.45) is 5.92 Å². The maximum atomic E-state index is 11.6. The zero-order chi connectivity index (χ0) is 20.9. The second kappa shape index (κ2) is 12.7. The lowest BCUT2D eigenvalue weighted by Crippen LogP contribution is -2.14. The van der Waals surface area contributed by atoms with Gasteiger partial charge in [0.15, 0.2) is 0 Å². The van der Waals surface area contributed by atoms with E-state index in [1.807, 2.05) is 50.2 Å². The Morgan fingerprint density at radius 2 is 1.41 bits per heavy atom. The van der Waals surface area contributed by atoms with Crippen LogP contribution >= 0.6 is 0 Å². The van der Waals surface area contributed by atoms with Crippen LogP contribution in [0.25, 0.3) is 0 Å². The average Bonchev–Trinajstić information content (AvgIpc) is 2.75. The molecule has 2 rings (SSSR count). The lowest BCUT2D eigenvalue weighted by Gasteiger charge is -2.09. The summed E-state index contributed by atoms with van der Waals surface area (Å²) in [6.07, 6.45) is 4.85. The molecule has 154 valence electrons. The molecule has 0 fully saturated rings. The predicted molar refractivity (Wildman–Crippen MR) is 118 cm³/mol. The summed E-state index contributed by atoms with van der Waals surface area (Å²) in [4.78, 5) is 11.6. The molecule has 0 radical (unpaired) electrons. The molecule has 2 aromatic carbocycles. The minimum absolute atomic E-state index is 0.00313. The summed E-state index contributed by atoms with van der Waals surface area (Å²) in [5, 5.41) is 0. The van der Waals surface area contributed by atoms with Crippen molar-refractivity contribution in [3.8, 4) is 17.6 Å². The van der Waals surface area contributed by atoms with Crippen molar-refractivity contribution < 1.29 is 14.3 Å². The SMILES string of the molecule is CCC(C)C(=O)OCCCCCCOc1ccc(C#Cc2ccc(C)cc2)cc1. The first-order chi connectivity index (χ1) is 14.1. The summed E-state index contributed by atoms with van der Waals surface area (Å²) >= 11 is 0. The molecule has 2 aromatic rings. The lowest BCUT2D eigenvalue weighted by atomic mass is 10.1. The van der Waals surface area contributed by atoms with Gasteiger partial charge in [0.25, 0.3) is 0 Å². The Morgan fingerprint density at radius 3 is 2.00 bits per heavy atom. The van der Waals surface area contributed by atoms with E-state index in [1.165, 1.54) is 5.56 Å². The van der Waals surface area contributed by atoms with E-state index >= 15 is 0 Å². The van der Waals surface area contributed by atoms with Gasteiger partial charge < -0.3 is 9.47 Å². The summed E-state index contributed by atoms with van der Waals surface area (Å²) in [7, 11) is 0. The first-order valence-corrected chi connectivity index (χ1v) is 10.6. The Hall–Kier alpha value is -2.73. The van der Waals surface area contributed by atoms with Gasteiger partial charge in [-0.15, -0.1) is 0 Å². The van der Waals surface area contributed by atoms with E-state index in [0.29, 0.717) is 13.2 Å². The number of hydrogen-bond donors (Lipinski definition) is 0. The molecule has 0 aliphatic carbocycles. The van der Waals surface area contributed by atoms with Gasteiger partial charge in [-0.05, 0) is 75.4 Å². The molecular formula is C26H32O3. The highest BCUT2D eigenvalue weighted by Gasteiger charge is 2.10. The van der Waals surface area contributed by atoms with Gasteiger partial charge in [-0.3, -0.25) is 4.79 Å². The van der Waals surface area contributed by atoms with Crippen molar-refractivity contribution >= 4 is 5.97 Å². The predicted octanol–water partition coefficient (Wildman–Crippen LogP) is 5.92. The third-order valence-electron chi connectivity index (χ3n) is 4.82. The quantitative estimate of drug-likeness (QED) is 0.286. The van der Waals surface area contributed by atoms with Crippen LogP contribution in [0.1, 0.15) is 62.6 Å². The molecule has 0 aliphatic rings. The van der Waals surface area contributed by atoms with Crippen LogP contribution in [-0.2, 0) is 9.53 Å². The van der Waals surface area contributed by atoms with Crippen LogP contribution in [0.15, 0.2) is 48.5 Å². The van der Waals surface area contributed by atoms with Gasteiger partial charge in [0.1, 0.15) is 5.75 Å². The summed E-state index contributed by atoms with van der Waals surface area (Å²) in [6.45, 7) is 7.19. The minimum Gasteiger partial charge on any atom is -0.494 e. The third kappa shape index (κ3) is 8.87. The fourth-order valence-electron chi connectivity index (χ4n) is 2.65. The van der Waals surface area contributed by atoms with Crippen molar-refractivity contribution in [3.63, 3.8) is 0 Å². The largest absolute Gasteiger partial charge is 0.494 e. The Balaban J connectivity index is 1.59. The highest BCUT2D eigenvalue weighted by molar-refractivity contribution is 5.71. The zero-order valence-corrected chi connectivity index (χ0v) is 17.9. The summed E-state index contributed by atoms with van der Waals surface area (Å²) in [5.41, 5.74) is 3.23. The van der Waals surface area contributed by atoms with Crippen LogP contribution in [0.2, 0.25) is 0 Å². The molecule has 0 N–H and O–H groups in total. The van der Waals surface area contributed by atoms with Crippen LogP contribution in [0.3, 0.4) is 0 Å². The van der Waals surface area contributed by atoms with Crippen LogP contribution in [-0.4, -0.2) is 19.2 Å². The Bertz CT molecular complexity index is 795. The van der Waals surface area contributed by atoms with E-state index in [1.54, 1.807) is 0 Å². The summed E-state index contributed by atoms with van der Waals surface area (Å²) in [6, 6.07) is 16.1. The molecule has 29 heavy (non-hydrogen) atoms. The topological polar surface area (TPSA) is 35.5 Å². The maximum Gasteiger partial charge on any atom is 0.308 e. The minimum atomic E-state index is -0.0807. The van der Waals surface area contributed by atoms with Gasteiger partial charge in [0.2, 0.25) is 0 Å². The molecule has 1 unspecified atom stereocenters. The van der Waals surface area contributed by atoms with Crippen LogP contribution < -0.4 is 4.74 Å². The van der Waals surface area contributed by atoms with Gasteiger partial charge in [0.05, 0.1) is 19.1 Å². The van der Waals surface area contributed by atoms with Crippen molar-refractivity contribution in [1.82, 2.24) is 0 Å². The molecule has 0 aliphatic heterocycles. The number of hydrogen-bond acceptors (Lipinski definition) is 3. The number of rotatable bonds is 10. The summed E-state index contributed by atoms with van der Waals surface area (Å²) < 4.78 is 11.0. The molecule has 0 saturated heterocycles. The molecule has 3 nitrogen and oxygen atoms in total. The lowest BCUT2D eigenvalue weighted by molar-refractivity contribution is -0.148. The number of ether oxygens (including phenoxy) is 2. The van der Waals surface area contributed by atoms with Gasteiger partial charge in [-0.25, -0.2) is 0 Å². The molecule has 1 atom stereocenters. The van der Waals surface area contributed by atoms with Crippen LogP contribution in [0, 0.1) is 24.7 Å². The average molecular weight is 393 g/mol. The van der Waals surface area contributed by atoms with E-state index in [9.17, 15) is 4.79 Å². The molecular weight excluding hydrogens is 360 g/mol. The second-order valence-electron chi connectivity index (χ2n) is 7.38. The number of carbonyl (C=O) groups is 1. The van der Waals surface area contributed by atoms with E-state index < -0.39 is 0 Å². The van der Waals surface area contributed by atoms with E-state index in [0.717, 1.165) is 49.0 Å². The number of aryl methyl sites for hydroxylation is 1. The highest BCUT2D eigenvalue weighted by Crippen LogP contribution is 2.13.